The number of hydrogen-bond acceptors (Lipinski definition) is 5. The van der Waals surface area contributed by atoms with Crippen molar-refractivity contribution >= 4 is 22.5 Å². The fraction of sp³-hybridized carbons (Fsp3) is 0.318. The summed E-state index contributed by atoms with van der Waals surface area (Å²) in [6, 6.07) is 13.2. The van der Waals surface area contributed by atoms with E-state index in [1.807, 2.05) is 42.5 Å². The quantitative estimate of drug-likeness (QED) is 0.613. The third-order valence-corrected chi connectivity index (χ3v) is 5.31. The first-order valence-electron chi connectivity index (χ1n) is 9.11. The Balaban J connectivity index is 1.85. The lowest BCUT2D eigenvalue weighted by Gasteiger charge is -2.34. The van der Waals surface area contributed by atoms with E-state index in [0.717, 1.165) is 33.5 Å². The van der Waals surface area contributed by atoms with E-state index in [0.29, 0.717) is 11.6 Å². The van der Waals surface area contributed by atoms with Crippen LogP contribution in [0.25, 0.3) is 10.9 Å². The number of nitrogens with zero attached hydrogens (tertiary/aromatic N) is 1. The maximum Gasteiger partial charge on any atom is 0.123 e. The molecule has 0 amide bonds. The molecule has 0 bridgehead atoms. The van der Waals surface area contributed by atoms with Gasteiger partial charge in [0.15, 0.2) is 0 Å². The van der Waals surface area contributed by atoms with Crippen molar-refractivity contribution in [2.24, 2.45) is 5.73 Å². The lowest BCUT2D eigenvalue weighted by atomic mass is 9.87. The van der Waals surface area contributed by atoms with Gasteiger partial charge in [0, 0.05) is 40.3 Å². The summed E-state index contributed by atoms with van der Waals surface area (Å²) in [6.07, 6.45) is 1.77. The molecule has 0 aliphatic rings. The minimum absolute atomic E-state index is 0.254. The molecule has 0 aliphatic heterocycles. The van der Waals surface area contributed by atoms with E-state index in [1.54, 1.807) is 20.4 Å². The van der Waals surface area contributed by atoms with Crippen LogP contribution in [0.4, 0.5) is 0 Å². The Morgan fingerprint density at radius 1 is 1.11 bits per heavy atom. The van der Waals surface area contributed by atoms with Crippen LogP contribution in [0, 0.1) is 0 Å². The SMILES string of the molecule is COc1ccc(OC)c(CNC(C)(C)C(N)c2ccnc3cc(Cl)ccc23)c1. The molecule has 3 rings (SSSR count). The minimum Gasteiger partial charge on any atom is -0.497 e. The maximum absolute atomic E-state index is 6.69. The zero-order valence-corrected chi connectivity index (χ0v) is 17.4. The largest absolute Gasteiger partial charge is 0.497 e. The van der Waals surface area contributed by atoms with Gasteiger partial charge in [-0.15, -0.1) is 0 Å². The van der Waals surface area contributed by atoms with Crippen molar-refractivity contribution in [2.45, 2.75) is 32.0 Å². The van der Waals surface area contributed by atoms with E-state index in [4.69, 9.17) is 26.8 Å². The highest BCUT2D eigenvalue weighted by molar-refractivity contribution is 6.31. The molecule has 0 saturated heterocycles. The molecule has 28 heavy (non-hydrogen) atoms. The van der Waals surface area contributed by atoms with Gasteiger partial charge in [-0.25, -0.2) is 0 Å². The molecule has 2 aromatic carbocycles. The van der Waals surface area contributed by atoms with Crippen LogP contribution < -0.4 is 20.5 Å². The number of hydrogen-bond donors (Lipinski definition) is 2. The Hall–Kier alpha value is -2.34. The number of ether oxygens (including phenoxy) is 2. The van der Waals surface area contributed by atoms with Gasteiger partial charge in [-0.1, -0.05) is 17.7 Å². The highest BCUT2D eigenvalue weighted by atomic mass is 35.5. The van der Waals surface area contributed by atoms with Crippen molar-refractivity contribution in [1.29, 1.82) is 0 Å². The summed E-state index contributed by atoms with van der Waals surface area (Å²) in [5.41, 5.74) is 9.17. The molecule has 0 radical (unpaired) electrons. The number of benzene rings is 2. The highest BCUT2D eigenvalue weighted by Gasteiger charge is 2.29. The zero-order valence-electron chi connectivity index (χ0n) is 16.6. The van der Waals surface area contributed by atoms with Crippen LogP contribution in [0.5, 0.6) is 11.5 Å². The van der Waals surface area contributed by atoms with Gasteiger partial charge in [0.2, 0.25) is 0 Å². The number of halogens is 1. The first kappa shape index (κ1) is 20.4. The van der Waals surface area contributed by atoms with Crippen molar-refractivity contribution in [3.05, 3.63) is 64.8 Å². The van der Waals surface area contributed by atoms with Crippen molar-refractivity contribution in [1.82, 2.24) is 10.3 Å². The number of pyridine rings is 1. The molecule has 1 aromatic heterocycles. The number of rotatable bonds is 7. The second-order valence-electron chi connectivity index (χ2n) is 7.29. The molecule has 3 N–H and O–H groups in total. The lowest BCUT2D eigenvalue weighted by molar-refractivity contribution is 0.317. The molecule has 1 atom stereocenters. The van der Waals surface area contributed by atoms with Gasteiger partial charge in [0.05, 0.1) is 19.7 Å². The van der Waals surface area contributed by atoms with Gasteiger partial charge in [-0.3, -0.25) is 4.98 Å². The van der Waals surface area contributed by atoms with Crippen molar-refractivity contribution < 1.29 is 9.47 Å². The zero-order chi connectivity index (χ0) is 20.3. The first-order chi connectivity index (χ1) is 13.4. The van der Waals surface area contributed by atoms with Gasteiger partial charge >= 0.3 is 0 Å². The Morgan fingerprint density at radius 2 is 1.89 bits per heavy atom. The van der Waals surface area contributed by atoms with Crippen LogP contribution in [0.15, 0.2) is 48.7 Å². The molecule has 0 spiro atoms. The van der Waals surface area contributed by atoms with Crippen LogP contribution in [0.1, 0.15) is 31.0 Å². The van der Waals surface area contributed by atoms with E-state index in [2.05, 4.69) is 24.1 Å². The maximum atomic E-state index is 6.69. The Labute approximate surface area is 170 Å². The summed E-state index contributed by atoms with van der Waals surface area (Å²) in [6.45, 7) is 4.77. The van der Waals surface area contributed by atoms with Gasteiger partial charge < -0.3 is 20.5 Å². The topological polar surface area (TPSA) is 69.4 Å². The molecule has 3 aromatic rings. The van der Waals surface area contributed by atoms with Crippen molar-refractivity contribution in [3.8, 4) is 11.5 Å². The Bertz CT molecular complexity index is 975. The van der Waals surface area contributed by atoms with Crippen LogP contribution in [0.2, 0.25) is 5.02 Å². The molecule has 1 unspecified atom stereocenters. The average molecular weight is 400 g/mol. The number of methoxy groups -OCH3 is 2. The molecule has 1 heterocycles. The van der Waals surface area contributed by atoms with E-state index in [9.17, 15) is 0 Å². The van der Waals surface area contributed by atoms with Gasteiger partial charge in [-0.05, 0) is 55.8 Å². The fourth-order valence-corrected chi connectivity index (χ4v) is 3.42. The molecule has 0 saturated carbocycles. The standard InChI is InChI=1S/C22H26ClN3O2/c1-22(2,26-13-14-11-16(27-3)6-8-20(14)28-4)21(24)18-9-10-25-19-12-15(23)5-7-17(18)19/h5-12,21,26H,13,24H2,1-4H3. The smallest absolute Gasteiger partial charge is 0.123 e. The molecular weight excluding hydrogens is 374 g/mol. The Morgan fingerprint density at radius 3 is 2.61 bits per heavy atom. The van der Waals surface area contributed by atoms with Crippen LogP contribution in [-0.2, 0) is 6.54 Å². The third-order valence-electron chi connectivity index (χ3n) is 5.07. The number of nitrogens with two attached hydrogens (primary N) is 1. The molecule has 5 nitrogen and oxygen atoms in total. The molecular formula is C22H26ClN3O2. The summed E-state index contributed by atoms with van der Waals surface area (Å²) in [5.74, 6) is 1.60. The van der Waals surface area contributed by atoms with Gasteiger partial charge in [0.1, 0.15) is 11.5 Å². The van der Waals surface area contributed by atoms with Crippen LogP contribution >= 0.6 is 11.6 Å². The second kappa shape index (κ2) is 8.35. The van der Waals surface area contributed by atoms with Gasteiger partial charge in [-0.2, -0.15) is 0 Å². The van der Waals surface area contributed by atoms with Crippen LogP contribution in [0.3, 0.4) is 0 Å². The molecule has 148 valence electrons. The minimum atomic E-state index is -0.387. The number of fused-ring (bicyclic) bond motifs is 1. The summed E-state index contributed by atoms with van der Waals surface area (Å²) in [4.78, 5) is 4.41. The normalized spacial score (nSPS) is 12.8. The molecule has 0 aliphatic carbocycles. The fourth-order valence-electron chi connectivity index (χ4n) is 3.26. The van der Waals surface area contributed by atoms with Gasteiger partial charge in [0.25, 0.3) is 0 Å². The van der Waals surface area contributed by atoms with E-state index in [1.165, 1.54) is 0 Å². The monoisotopic (exact) mass is 399 g/mol. The third kappa shape index (κ3) is 4.22. The Kier molecular flexibility index (Phi) is 6.08. The van der Waals surface area contributed by atoms with E-state index >= 15 is 0 Å². The summed E-state index contributed by atoms with van der Waals surface area (Å²) in [7, 11) is 3.32. The summed E-state index contributed by atoms with van der Waals surface area (Å²) >= 11 is 6.11. The second-order valence-corrected chi connectivity index (χ2v) is 7.73. The number of nitrogens with one attached hydrogen (secondary N) is 1. The highest BCUT2D eigenvalue weighted by Crippen LogP contribution is 2.31. The predicted molar refractivity (Wildman–Crippen MR) is 114 cm³/mol. The average Bonchev–Trinajstić information content (AvgIpc) is 2.70. The van der Waals surface area contributed by atoms with E-state index < -0.39 is 0 Å². The van der Waals surface area contributed by atoms with Crippen molar-refractivity contribution in [2.75, 3.05) is 14.2 Å². The molecule has 6 heteroatoms. The number of aromatic nitrogens is 1. The van der Waals surface area contributed by atoms with Crippen molar-refractivity contribution in [3.63, 3.8) is 0 Å². The van der Waals surface area contributed by atoms with E-state index in [-0.39, 0.29) is 11.6 Å². The first-order valence-corrected chi connectivity index (χ1v) is 9.49. The van der Waals surface area contributed by atoms with Crippen LogP contribution in [-0.4, -0.2) is 24.7 Å². The summed E-state index contributed by atoms with van der Waals surface area (Å²) < 4.78 is 10.8. The lowest BCUT2D eigenvalue weighted by Crippen LogP contribution is -2.48. The summed E-state index contributed by atoms with van der Waals surface area (Å²) in [5, 5.41) is 5.24. The predicted octanol–water partition coefficient (Wildman–Crippen LogP) is 4.47. The molecule has 0 fully saturated rings.